The molecule has 7 nitrogen and oxygen atoms in total. The van der Waals surface area contributed by atoms with E-state index in [4.69, 9.17) is 0 Å². The van der Waals surface area contributed by atoms with Crippen LogP contribution in [0.4, 0.5) is 5.69 Å². The summed E-state index contributed by atoms with van der Waals surface area (Å²) in [4.78, 5) is 29.9. The molecule has 1 unspecified atom stereocenters. The van der Waals surface area contributed by atoms with Crippen LogP contribution in [0.3, 0.4) is 0 Å². The van der Waals surface area contributed by atoms with Crippen LogP contribution in [0.2, 0.25) is 0 Å². The van der Waals surface area contributed by atoms with E-state index in [9.17, 15) is 18.0 Å². The maximum Gasteiger partial charge on any atom is 0.264 e. The molecule has 1 N–H and O–H groups in total. The molecule has 0 fully saturated rings. The molecule has 4 rings (SSSR count). The Morgan fingerprint density at radius 2 is 1.33 bits per heavy atom. The number of nitrogens with zero attached hydrogens (tertiary/aromatic N) is 2. The zero-order valence-corrected chi connectivity index (χ0v) is 25.7. The first-order valence-corrected chi connectivity index (χ1v) is 15.9. The first-order valence-electron chi connectivity index (χ1n) is 14.4. The molecule has 0 spiro atoms. The van der Waals surface area contributed by atoms with Gasteiger partial charge in [0, 0.05) is 19.5 Å². The molecular formula is C35H39N3O4S. The van der Waals surface area contributed by atoms with Crippen molar-refractivity contribution in [3.8, 4) is 0 Å². The van der Waals surface area contributed by atoms with Crippen LogP contribution >= 0.6 is 0 Å². The molecule has 0 aliphatic carbocycles. The summed E-state index contributed by atoms with van der Waals surface area (Å²) >= 11 is 0. The summed E-state index contributed by atoms with van der Waals surface area (Å²) in [5.74, 6) is -0.546. The van der Waals surface area contributed by atoms with Crippen molar-refractivity contribution in [2.75, 3.05) is 17.4 Å². The molecule has 0 radical (unpaired) electrons. The smallest absolute Gasteiger partial charge is 0.264 e. The van der Waals surface area contributed by atoms with Gasteiger partial charge in [-0.3, -0.25) is 13.9 Å². The van der Waals surface area contributed by atoms with Crippen molar-refractivity contribution in [2.45, 2.75) is 44.7 Å². The van der Waals surface area contributed by atoms with Gasteiger partial charge in [-0.2, -0.15) is 0 Å². The standard InChI is InChI=1S/C35H39N3O4S/c1-27(2)24-36-35(40)33(23-29-16-7-4-8-17-29)37(25-30-18-14-13-15-28(30)3)34(39)26-38(31-19-9-5-10-20-31)43(41,42)32-21-11-6-12-22-32/h4-22,27,33H,23-26H2,1-3H3,(H,36,40). The molecule has 0 aliphatic heterocycles. The Kier molecular flexibility index (Phi) is 10.7. The lowest BCUT2D eigenvalue weighted by atomic mass is 10.0. The summed E-state index contributed by atoms with van der Waals surface area (Å²) in [5.41, 5.74) is 3.10. The number of anilines is 1. The fraction of sp³-hybridized carbons (Fsp3) is 0.257. The lowest BCUT2D eigenvalue weighted by Crippen LogP contribution is -2.53. The average molecular weight is 598 g/mol. The Hall–Kier alpha value is -4.43. The predicted octanol–water partition coefficient (Wildman–Crippen LogP) is 5.60. The third-order valence-corrected chi connectivity index (χ3v) is 9.00. The first kappa shape index (κ1) is 31.5. The third-order valence-electron chi connectivity index (χ3n) is 7.21. The monoisotopic (exact) mass is 597 g/mol. The quantitative estimate of drug-likeness (QED) is 0.217. The van der Waals surface area contributed by atoms with Crippen LogP contribution in [-0.2, 0) is 32.6 Å². The second-order valence-corrected chi connectivity index (χ2v) is 12.8. The molecule has 0 saturated heterocycles. The summed E-state index contributed by atoms with van der Waals surface area (Å²) < 4.78 is 29.0. The van der Waals surface area contributed by atoms with Crippen LogP contribution < -0.4 is 9.62 Å². The van der Waals surface area contributed by atoms with E-state index in [1.54, 1.807) is 48.5 Å². The zero-order chi connectivity index (χ0) is 30.8. The van der Waals surface area contributed by atoms with Crippen molar-refractivity contribution in [3.63, 3.8) is 0 Å². The number of benzene rings is 4. The first-order chi connectivity index (χ1) is 20.7. The lowest BCUT2D eigenvalue weighted by molar-refractivity contribution is -0.140. The number of rotatable bonds is 13. The minimum Gasteiger partial charge on any atom is -0.354 e. The minimum absolute atomic E-state index is 0.0765. The second-order valence-electron chi connectivity index (χ2n) is 11.0. The van der Waals surface area contributed by atoms with Gasteiger partial charge < -0.3 is 10.2 Å². The van der Waals surface area contributed by atoms with Crippen molar-refractivity contribution < 1.29 is 18.0 Å². The Bertz CT molecular complexity index is 1590. The van der Waals surface area contributed by atoms with E-state index in [1.165, 1.54) is 17.0 Å². The highest BCUT2D eigenvalue weighted by Gasteiger charge is 2.34. The van der Waals surface area contributed by atoms with Gasteiger partial charge in [0.25, 0.3) is 10.0 Å². The van der Waals surface area contributed by atoms with Gasteiger partial charge in [-0.05, 0) is 53.8 Å². The fourth-order valence-electron chi connectivity index (χ4n) is 4.79. The highest BCUT2D eigenvalue weighted by molar-refractivity contribution is 7.92. The van der Waals surface area contributed by atoms with Crippen molar-refractivity contribution in [1.82, 2.24) is 10.2 Å². The van der Waals surface area contributed by atoms with Gasteiger partial charge in [-0.25, -0.2) is 8.42 Å². The SMILES string of the molecule is Cc1ccccc1CN(C(=O)CN(c1ccccc1)S(=O)(=O)c1ccccc1)C(Cc1ccccc1)C(=O)NCC(C)C. The largest absolute Gasteiger partial charge is 0.354 e. The average Bonchev–Trinajstić information content (AvgIpc) is 3.02. The number of hydrogen-bond acceptors (Lipinski definition) is 4. The van der Waals surface area contributed by atoms with Crippen LogP contribution in [0.15, 0.2) is 120 Å². The molecule has 0 aromatic heterocycles. The van der Waals surface area contributed by atoms with Gasteiger partial charge in [-0.1, -0.05) is 105 Å². The van der Waals surface area contributed by atoms with Gasteiger partial charge in [0.05, 0.1) is 10.6 Å². The normalized spacial score (nSPS) is 12.0. The Morgan fingerprint density at radius 3 is 1.93 bits per heavy atom. The summed E-state index contributed by atoms with van der Waals surface area (Å²) in [6.07, 6.45) is 0.277. The van der Waals surface area contributed by atoms with E-state index in [2.05, 4.69) is 5.32 Å². The van der Waals surface area contributed by atoms with Gasteiger partial charge in [0.1, 0.15) is 12.6 Å². The molecular weight excluding hydrogens is 558 g/mol. The van der Waals surface area contributed by atoms with Crippen LogP contribution in [0, 0.1) is 12.8 Å². The lowest BCUT2D eigenvalue weighted by Gasteiger charge is -2.34. The summed E-state index contributed by atoms with van der Waals surface area (Å²) in [7, 11) is -4.10. The number of amides is 2. The molecule has 8 heteroatoms. The zero-order valence-electron chi connectivity index (χ0n) is 24.9. The molecule has 4 aromatic rings. The maximum absolute atomic E-state index is 14.4. The Labute approximate surface area is 255 Å². The molecule has 2 amide bonds. The molecule has 0 saturated carbocycles. The van der Waals surface area contributed by atoms with E-state index < -0.39 is 28.5 Å². The fourth-order valence-corrected chi connectivity index (χ4v) is 6.23. The van der Waals surface area contributed by atoms with Crippen molar-refractivity contribution in [1.29, 1.82) is 0 Å². The molecule has 0 bridgehead atoms. The Morgan fingerprint density at radius 1 is 0.767 bits per heavy atom. The van der Waals surface area contributed by atoms with Crippen LogP contribution in [-0.4, -0.2) is 44.3 Å². The van der Waals surface area contributed by atoms with E-state index >= 15 is 0 Å². The third kappa shape index (κ3) is 8.32. The number of sulfonamides is 1. The summed E-state index contributed by atoms with van der Waals surface area (Å²) in [5, 5.41) is 3.01. The van der Waals surface area contributed by atoms with Crippen LogP contribution in [0.1, 0.15) is 30.5 Å². The van der Waals surface area contributed by atoms with Gasteiger partial charge in [0.15, 0.2) is 0 Å². The molecule has 1 atom stereocenters. The number of nitrogens with one attached hydrogen (secondary N) is 1. The molecule has 0 aliphatic rings. The van der Waals surface area contributed by atoms with Crippen molar-refractivity contribution in [2.24, 2.45) is 5.92 Å². The summed E-state index contributed by atoms with van der Waals surface area (Å²) in [6, 6.07) is 33.0. The number of hydrogen-bond donors (Lipinski definition) is 1. The number of carbonyl (C=O) groups is 2. The maximum atomic E-state index is 14.4. The molecule has 224 valence electrons. The number of carbonyl (C=O) groups excluding carboxylic acids is 2. The van der Waals surface area contributed by atoms with Gasteiger partial charge in [-0.15, -0.1) is 0 Å². The van der Waals surface area contributed by atoms with Crippen LogP contribution in [0.5, 0.6) is 0 Å². The van der Waals surface area contributed by atoms with E-state index in [-0.39, 0.29) is 29.7 Å². The van der Waals surface area contributed by atoms with E-state index in [1.807, 2.05) is 75.4 Å². The van der Waals surface area contributed by atoms with E-state index in [0.29, 0.717) is 12.2 Å². The number of aryl methyl sites for hydroxylation is 1. The van der Waals surface area contributed by atoms with Crippen molar-refractivity contribution >= 4 is 27.5 Å². The second kappa shape index (κ2) is 14.6. The highest BCUT2D eigenvalue weighted by atomic mass is 32.2. The van der Waals surface area contributed by atoms with E-state index in [0.717, 1.165) is 21.0 Å². The molecule has 43 heavy (non-hydrogen) atoms. The van der Waals surface area contributed by atoms with Crippen molar-refractivity contribution in [3.05, 3.63) is 132 Å². The molecule has 4 aromatic carbocycles. The summed E-state index contributed by atoms with van der Waals surface area (Å²) in [6.45, 7) is 6.10. The molecule has 0 heterocycles. The van der Waals surface area contributed by atoms with Gasteiger partial charge in [0.2, 0.25) is 11.8 Å². The minimum atomic E-state index is -4.10. The van der Waals surface area contributed by atoms with Crippen LogP contribution in [0.25, 0.3) is 0 Å². The Balaban J connectivity index is 1.78. The van der Waals surface area contributed by atoms with Gasteiger partial charge >= 0.3 is 0 Å². The highest BCUT2D eigenvalue weighted by Crippen LogP contribution is 2.25. The topological polar surface area (TPSA) is 86.8 Å². The predicted molar refractivity (Wildman–Crippen MR) is 171 cm³/mol. The number of para-hydroxylation sites is 1.